The molecule has 0 aliphatic carbocycles. The highest BCUT2D eigenvalue weighted by Crippen LogP contribution is 2.29. The van der Waals surface area contributed by atoms with Crippen molar-refractivity contribution >= 4 is 17.8 Å². The summed E-state index contributed by atoms with van der Waals surface area (Å²) in [5.74, 6) is 0.250. The molecule has 8 heteroatoms. The molecule has 1 atom stereocenters. The van der Waals surface area contributed by atoms with Crippen LogP contribution in [-0.4, -0.2) is 78.9 Å². The Balaban J connectivity index is 1.28. The summed E-state index contributed by atoms with van der Waals surface area (Å²) in [6, 6.07) is 15.0. The van der Waals surface area contributed by atoms with Crippen LogP contribution in [0.1, 0.15) is 23.6 Å². The third-order valence-corrected chi connectivity index (χ3v) is 6.80. The molecule has 1 unspecified atom stereocenters. The van der Waals surface area contributed by atoms with E-state index in [1.54, 1.807) is 18.9 Å². The summed E-state index contributed by atoms with van der Waals surface area (Å²) in [5, 5.41) is 2.77. The van der Waals surface area contributed by atoms with Gasteiger partial charge in [0.15, 0.2) is 0 Å². The molecule has 0 radical (unpaired) electrons. The fourth-order valence-corrected chi connectivity index (χ4v) is 4.46. The monoisotopic (exact) mass is 464 g/mol. The molecule has 2 aliphatic heterocycles. The number of amides is 4. The topological polar surface area (TPSA) is 82.2 Å². The number of aryl methyl sites for hydroxylation is 1. The first-order chi connectivity index (χ1) is 16.3. The number of piperazine rings is 1. The smallest absolute Gasteiger partial charge is 0.325 e. The van der Waals surface area contributed by atoms with Crippen LogP contribution in [0.3, 0.4) is 0 Å². The minimum atomic E-state index is -1.16. The van der Waals surface area contributed by atoms with Gasteiger partial charge in [-0.3, -0.25) is 19.4 Å². The lowest BCUT2D eigenvalue weighted by atomic mass is 9.91. The summed E-state index contributed by atoms with van der Waals surface area (Å²) < 4.78 is 5.20. The Morgan fingerprint density at radius 1 is 1.00 bits per heavy atom. The second-order valence-corrected chi connectivity index (χ2v) is 9.13. The molecule has 2 aromatic rings. The van der Waals surface area contributed by atoms with Gasteiger partial charge in [-0.15, -0.1) is 0 Å². The maximum atomic E-state index is 13.1. The molecule has 0 spiro atoms. The SMILES string of the molecule is COc1ccc(CCN2CCN(C(=O)CN3C(=O)NC(C)(c4ccc(C)cc4)C3=O)CC2)cc1. The molecule has 34 heavy (non-hydrogen) atoms. The van der Waals surface area contributed by atoms with Crippen molar-refractivity contribution in [3.8, 4) is 5.75 Å². The summed E-state index contributed by atoms with van der Waals surface area (Å²) in [6.45, 7) is 7.02. The van der Waals surface area contributed by atoms with E-state index in [2.05, 4.69) is 22.3 Å². The van der Waals surface area contributed by atoms with Crippen LogP contribution in [0, 0.1) is 6.92 Å². The van der Waals surface area contributed by atoms with Crippen LogP contribution in [0.4, 0.5) is 4.79 Å². The van der Waals surface area contributed by atoms with E-state index in [-0.39, 0.29) is 12.5 Å². The minimum absolute atomic E-state index is 0.202. The highest BCUT2D eigenvalue weighted by atomic mass is 16.5. The van der Waals surface area contributed by atoms with E-state index < -0.39 is 17.5 Å². The molecule has 4 amide bonds. The Bertz CT molecular complexity index is 1050. The lowest BCUT2D eigenvalue weighted by Gasteiger charge is -2.35. The maximum Gasteiger partial charge on any atom is 0.325 e. The molecular weight excluding hydrogens is 432 g/mol. The molecule has 0 saturated carbocycles. The van der Waals surface area contributed by atoms with Gasteiger partial charge < -0.3 is 15.0 Å². The summed E-state index contributed by atoms with van der Waals surface area (Å²) in [4.78, 5) is 43.7. The van der Waals surface area contributed by atoms with Crippen LogP contribution in [0.25, 0.3) is 0 Å². The average Bonchev–Trinajstić information content (AvgIpc) is 3.07. The van der Waals surface area contributed by atoms with Crippen LogP contribution in [0.2, 0.25) is 0 Å². The van der Waals surface area contributed by atoms with Crippen molar-refractivity contribution in [3.05, 3.63) is 65.2 Å². The molecular formula is C26H32N4O4. The number of rotatable bonds is 7. The summed E-state index contributed by atoms with van der Waals surface area (Å²) >= 11 is 0. The Hall–Kier alpha value is -3.39. The summed E-state index contributed by atoms with van der Waals surface area (Å²) in [5.41, 5.74) is 1.86. The number of methoxy groups -OCH3 is 1. The highest BCUT2D eigenvalue weighted by Gasteiger charge is 2.49. The van der Waals surface area contributed by atoms with Gasteiger partial charge in [-0.2, -0.15) is 0 Å². The molecule has 180 valence electrons. The predicted molar refractivity (Wildman–Crippen MR) is 128 cm³/mol. The van der Waals surface area contributed by atoms with Gasteiger partial charge in [0.05, 0.1) is 7.11 Å². The number of carbonyl (C=O) groups excluding carboxylic acids is 3. The molecule has 4 rings (SSSR count). The molecule has 0 bridgehead atoms. The molecule has 2 fully saturated rings. The number of hydrogen-bond acceptors (Lipinski definition) is 5. The number of hydrogen-bond donors (Lipinski definition) is 1. The zero-order valence-electron chi connectivity index (χ0n) is 20.0. The third kappa shape index (κ3) is 4.92. The molecule has 8 nitrogen and oxygen atoms in total. The lowest BCUT2D eigenvalue weighted by molar-refractivity contribution is -0.139. The zero-order valence-corrected chi connectivity index (χ0v) is 20.0. The van der Waals surface area contributed by atoms with Crippen LogP contribution >= 0.6 is 0 Å². The van der Waals surface area contributed by atoms with Crippen molar-refractivity contribution in [3.63, 3.8) is 0 Å². The largest absolute Gasteiger partial charge is 0.497 e. The van der Waals surface area contributed by atoms with E-state index in [4.69, 9.17) is 4.74 Å². The number of ether oxygens (including phenoxy) is 1. The van der Waals surface area contributed by atoms with E-state index >= 15 is 0 Å². The summed E-state index contributed by atoms with van der Waals surface area (Å²) in [6.07, 6.45) is 0.929. The quantitative estimate of drug-likeness (QED) is 0.635. The molecule has 2 aromatic carbocycles. The number of benzene rings is 2. The summed E-state index contributed by atoms with van der Waals surface area (Å²) in [7, 11) is 1.66. The van der Waals surface area contributed by atoms with Gasteiger partial charge in [0.2, 0.25) is 5.91 Å². The van der Waals surface area contributed by atoms with Gasteiger partial charge in [0.25, 0.3) is 5.91 Å². The van der Waals surface area contributed by atoms with Gasteiger partial charge in [-0.05, 0) is 43.5 Å². The highest BCUT2D eigenvalue weighted by molar-refractivity contribution is 6.09. The number of carbonyl (C=O) groups is 3. The number of nitrogens with one attached hydrogen (secondary N) is 1. The van der Waals surface area contributed by atoms with Crippen molar-refractivity contribution in [1.29, 1.82) is 0 Å². The van der Waals surface area contributed by atoms with Crippen LogP contribution in [-0.2, 0) is 21.5 Å². The van der Waals surface area contributed by atoms with E-state index in [0.717, 1.165) is 42.3 Å². The fraction of sp³-hybridized carbons (Fsp3) is 0.423. The molecule has 0 aromatic heterocycles. The van der Waals surface area contributed by atoms with Crippen LogP contribution in [0.15, 0.2) is 48.5 Å². The van der Waals surface area contributed by atoms with Crippen molar-refractivity contribution in [2.24, 2.45) is 0 Å². The standard InChI is InChI=1S/C26H32N4O4/c1-19-4-8-21(9-5-19)26(2)24(32)30(25(33)27-26)18-23(31)29-16-14-28(15-17-29)13-12-20-6-10-22(34-3)11-7-20/h4-11H,12-18H2,1-3H3,(H,27,33). The number of urea groups is 1. The first-order valence-corrected chi connectivity index (χ1v) is 11.6. The first kappa shape index (κ1) is 23.8. The molecule has 2 heterocycles. The van der Waals surface area contributed by atoms with Crippen molar-refractivity contribution in [1.82, 2.24) is 20.0 Å². The van der Waals surface area contributed by atoms with E-state index in [9.17, 15) is 14.4 Å². The predicted octanol–water partition coefficient (Wildman–Crippen LogP) is 2.16. The fourth-order valence-electron chi connectivity index (χ4n) is 4.46. The second-order valence-electron chi connectivity index (χ2n) is 9.13. The zero-order chi connectivity index (χ0) is 24.3. The number of imide groups is 1. The lowest BCUT2D eigenvalue weighted by Crippen LogP contribution is -2.52. The molecule has 2 saturated heterocycles. The number of nitrogens with zero attached hydrogens (tertiary/aromatic N) is 3. The van der Waals surface area contributed by atoms with E-state index in [0.29, 0.717) is 18.7 Å². The Morgan fingerprint density at radius 2 is 1.65 bits per heavy atom. The van der Waals surface area contributed by atoms with Gasteiger partial charge in [0.1, 0.15) is 17.8 Å². The van der Waals surface area contributed by atoms with Crippen molar-refractivity contribution < 1.29 is 19.1 Å². The third-order valence-electron chi connectivity index (χ3n) is 6.80. The van der Waals surface area contributed by atoms with Crippen molar-refractivity contribution in [2.45, 2.75) is 25.8 Å². The Morgan fingerprint density at radius 3 is 2.26 bits per heavy atom. The minimum Gasteiger partial charge on any atom is -0.497 e. The molecule has 2 aliphatic rings. The maximum absolute atomic E-state index is 13.1. The Labute approximate surface area is 200 Å². The van der Waals surface area contributed by atoms with Crippen molar-refractivity contribution in [2.75, 3.05) is 46.4 Å². The normalized spacial score (nSPS) is 21.0. The van der Waals surface area contributed by atoms with Gasteiger partial charge in [0, 0.05) is 32.7 Å². The van der Waals surface area contributed by atoms with Gasteiger partial charge >= 0.3 is 6.03 Å². The second kappa shape index (κ2) is 9.85. The van der Waals surface area contributed by atoms with Crippen LogP contribution in [0.5, 0.6) is 5.75 Å². The molecule has 1 N–H and O–H groups in total. The van der Waals surface area contributed by atoms with Crippen LogP contribution < -0.4 is 10.1 Å². The van der Waals surface area contributed by atoms with Gasteiger partial charge in [-0.25, -0.2) is 4.79 Å². The Kier molecular flexibility index (Phi) is 6.88. The van der Waals surface area contributed by atoms with Gasteiger partial charge in [-0.1, -0.05) is 42.0 Å². The first-order valence-electron chi connectivity index (χ1n) is 11.6. The van der Waals surface area contributed by atoms with E-state index in [1.807, 2.05) is 43.3 Å². The average molecular weight is 465 g/mol. The van der Waals surface area contributed by atoms with E-state index in [1.165, 1.54) is 5.56 Å².